The van der Waals surface area contributed by atoms with Crippen LogP contribution in [-0.2, 0) is 27.8 Å². The lowest BCUT2D eigenvalue weighted by molar-refractivity contribution is -0.126. The predicted molar refractivity (Wildman–Crippen MR) is 103 cm³/mol. The van der Waals surface area contributed by atoms with Gasteiger partial charge in [0.2, 0.25) is 15.9 Å². The van der Waals surface area contributed by atoms with Gasteiger partial charge in [0.25, 0.3) is 0 Å². The molecule has 2 aromatic carbocycles. The molecular formula is C19H21ClN2O4S. The Morgan fingerprint density at radius 2 is 2.00 bits per heavy atom. The zero-order valence-corrected chi connectivity index (χ0v) is 16.7. The summed E-state index contributed by atoms with van der Waals surface area (Å²) in [5, 5.41) is 3.43. The molecule has 1 amide bonds. The Morgan fingerprint density at radius 3 is 2.74 bits per heavy atom. The number of rotatable bonds is 5. The molecule has 2 aromatic rings. The van der Waals surface area contributed by atoms with Crippen molar-refractivity contribution < 1.29 is 17.9 Å². The van der Waals surface area contributed by atoms with Crippen LogP contribution in [0, 0.1) is 5.92 Å². The average Bonchev–Trinajstić information content (AvgIpc) is 2.65. The van der Waals surface area contributed by atoms with Crippen LogP contribution in [-0.4, -0.2) is 39.3 Å². The van der Waals surface area contributed by atoms with E-state index in [2.05, 4.69) is 5.32 Å². The molecular weight excluding hydrogens is 388 g/mol. The highest BCUT2D eigenvalue weighted by molar-refractivity contribution is 7.89. The average molecular weight is 409 g/mol. The van der Waals surface area contributed by atoms with E-state index in [-0.39, 0.29) is 29.9 Å². The monoisotopic (exact) mass is 408 g/mol. The fraction of sp³-hybridized carbons (Fsp3) is 0.316. The maximum absolute atomic E-state index is 12.6. The van der Waals surface area contributed by atoms with Crippen LogP contribution in [0.3, 0.4) is 0 Å². The van der Waals surface area contributed by atoms with Crippen molar-refractivity contribution in [3.05, 3.63) is 58.6 Å². The standard InChI is InChI=1S/C19H21ClN2O4S/c1-22(2)27(24,25)18-6-4-3-5-13(18)11-21-19(23)15-9-14-10-16(20)7-8-17(14)26-12-15/h3-8,10,15H,9,11-12H2,1-2H3,(H,21,23)/t15-/m1/s1. The molecule has 0 aliphatic carbocycles. The first kappa shape index (κ1) is 19.7. The van der Waals surface area contributed by atoms with Gasteiger partial charge in [-0.3, -0.25) is 4.79 Å². The number of ether oxygens (including phenoxy) is 1. The van der Waals surface area contributed by atoms with Crippen LogP contribution in [0.2, 0.25) is 5.02 Å². The van der Waals surface area contributed by atoms with Crippen molar-refractivity contribution in [3.63, 3.8) is 0 Å². The van der Waals surface area contributed by atoms with Crippen molar-refractivity contribution in [2.75, 3.05) is 20.7 Å². The molecule has 1 aliphatic rings. The molecule has 0 fully saturated rings. The van der Waals surface area contributed by atoms with Crippen molar-refractivity contribution in [2.24, 2.45) is 5.92 Å². The van der Waals surface area contributed by atoms with Crippen LogP contribution in [0.5, 0.6) is 5.75 Å². The summed E-state index contributed by atoms with van der Waals surface area (Å²) in [6.45, 7) is 0.402. The minimum absolute atomic E-state index is 0.126. The van der Waals surface area contributed by atoms with E-state index in [4.69, 9.17) is 16.3 Å². The highest BCUT2D eigenvalue weighted by atomic mass is 35.5. The lowest BCUT2D eigenvalue weighted by Crippen LogP contribution is -2.37. The number of benzene rings is 2. The number of nitrogens with one attached hydrogen (secondary N) is 1. The topological polar surface area (TPSA) is 75.7 Å². The van der Waals surface area contributed by atoms with Gasteiger partial charge in [-0.25, -0.2) is 12.7 Å². The molecule has 1 N–H and O–H groups in total. The van der Waals surface area contributed by atoms with Gasteiger partial charge in [-0.1, -0.05) is 29.8 Å². The first-order chi connectivity index (χ1) is 12.8. The van der Waals surface area contributed by atoms with Crippen molar-refractivity contribution in [1.82, 2.24) is 9.62 Å². The second-order valence-electron chi connectivity index (χ2n) is 6.58. The first-order valence-corrected chi connectivity index (χ1v) is 10.3. The summed E-state index contributed by atoms with van der Waals surface area (Å²) in [4.78, 5) is 12.8. The van der Waals surface area contributed by atoms with Crippen molar-refractivity contribution >= 4 is 27.5 Å². The van der Waals surface area contributed by atoms with E-state index in [0.717, 1.165) is 15.6 Å². The van der Waals surface area contributed by atoms with E-state index in [1.54, 1.807) is 42.5 Å². The van der Waals surface area contributed by atoms with Gasteiger partial charge in [0.05, 0.1) is 10.8 Å². The molecule has 3 rings (SSSR count). The van der Waals surface area contributed by atoms with Crippen LogP contribution < -0.4 is 10.1 Å². The zero-order chi connectivity index (χ0) is 19.6. The highest BCUT2D eigenvalue weighted by Crippen LogP contribution is 2.30. The van der Waals surface area contributed by atoms with Gasteiger partial charge in [0.1, 0.15) is 12.4 Å². The lowest BCUT2D eigenvalue weighted by Gasteiger charge is -2.25. The number of amides is 1. The quantitative estimate of drug-likeness (QED) is 0.824. The van der Waals surface area contributed by atoms with Gasteiger partial charge in [0.15, 0.2) is 0 Å². The second-order valence-corrected chi connectivity index (χ2v) is 9.13. The van der Waals surface area contributed by atoms with E-state index >= 15 is 0 Å². The Bertz CT molecular complexity index is 960. The lowest BCUT2D eigenvalue weighted by atomic mass is 9.96. The van der Waals surface area contributed by atoms with Crippen LogP contribution >= 0.6 is 11.6 Å². The second kappa shape index (κ2) is 7.88. The Hall–Kier alpha value is -2.09. The predicted octanol–water partition coefficient (Wildman–Crippen LogP) is 2.46. The minimum atomic E-state index is -3.58. The molecule has 27 heavy (non-hydrogen) atoms. The summed E-state index contributed by atoms with van der Waals surface area (Å²) in [6.07, 6.45) is 0.527. The Labute approximate surface area is 164 Å². The van der Waals surface area contributed by atoms with Crippen molar-refractivity contribution in [1.29, 1.82) is 0 Å². The number of hydrogen-bond acceptors (Lipinski definition) is 4. The maximum Gasteiger partial charge on any atom is 0.242 e. The summed E-state index contributed by atoms with van der Waals surface area (Å²) >= 11 is 6.01. The normalized spacial score (nSPS) is 16.5. The third-order valence-corrected chi connectivity index (χ3v) is 6.63. The Kier molecular flexibility index (Phi) is 5.74. The SMILES string of the molecule is CN(C)S(=O)(=O)c1ccccc1CNC(=O)[C@H]1COc2ccc(Cl)cc2C1. The summed E-state index contributed by atoms with van der Waals surface area (Å²) in [7, 11) is -0.625. The third-order valence-electron chi connectivity index (χ3n) is 4.48. The van der Waals surface area contributed by atoms with Crippen LogP contribution in [0.25, 0.3) is 0 Å². The molecule has 0 bridgehead atoms. The minimum Gasteiger partial charge on any atom is -0.492 e. The van der Waals surface area contributed by atoms with Gasteiger partial charge in [0, 0.05) is 25.7 Å². The van der Waals surface area contributed by atoms with Crippen LogP contribution in [0.1, 0.15) is 11.1 Å². The summed E-state index contributed by atoms with van der Waals surface area (Å²) in [5.41, 5.74) is 1.43. The van der Waals surface area contributed by atoms with Crippen LogP contribution in [0.4, 0.5) is 0 Å². The molecule has 0 aromatic heterocycles. The molecule has 0 radical (unpaired) electrons. The van der Waals surface area contributed by atoms with Gasteiger partial charge in [-0.2, -0.15) is 0 Å². The number of fused-ring (bicyclic) bond motifs is 1. The third kappa shape index (κ3) is 4.26. The molecule has 1 heterocycles. The number of sulfonamides is 1. The van der Waals surface area contributed by atoms with E-state index in [1.807, 2.05) is 0 Å². The molecule has 0 unspecified atom stereocenters. The molecule has 1 aliphatic heterocycles. The van der Waals surface area contributed by atoms with Gasteiger partial charge < -0.3 is 10.1 Å². The molecule has 0 saturated heterocycles. The van der Waals surface area contributed by atoms with E-state index in [0.29, 0.717) is 17.0 Å². The number of nitrogens with zero attached hydrogens (tertiary/aromatic N) is 1. The Morgan fingerprint density at radius 1 is 1.26 bits per heavy atom. The van der Waals surface area contributed by atoms with Gasteiger partial charge in [-0.15, -0.1) is 0 Å². The fourth-order valence-electron chi connectivity index (χ4n) is 2.96. The molecule has 1 atom stereocenters. The van der Waals surface area contributed by atoms with Crippen molar-refractivity contribution in [3.8, 4) is 5.75 Å². The smallest absolute Gasteiger partial charge is 0.242 e. The van der Waals surface area contributed by atoms with Crippen molar-refractivity contribution in [2.45, 2.75) is 17.9 Å². The molecule has 144 valence electrons. The molecule has 0 saturated carbocycles. The molecule has 0 spiro atoms. The summed E-state index contributed by atoms with van der Waals surface area (Å²) in [5.74, 6) is 0.206. The van der Waals surface area contributed by atoms with Gasteiger partial charge in [-0.05, 0) is 41.8 Å². The number of carbonyl (C=O) groups excluding carboxylic acids is 1. The summed E-state index contributed by atoms with van der Waals surface area (Å²) < 4.78 is 31.7. The van der Waals surface area contributed by atoms with Crippen LogP contribution in [0.15, 0.2) is 47.4 Å². The molecule has 6 nitrogen and oxygen atoms in total. The highest BCUT2D eigenvalue weighted by Gasteiger charge is 2.27. The van der Waals surface area contributed by atoms with Gasteiger partial charge >= 0.3 is 0 Å². The Balaban J connectivity index is 1.71. The number of halogens is 1. The molecule has 8 heteroatoms. The maximum atomic E-state index is 12.6. The first-order valence-electron chi connectivity index (χ1n) is 8.48. The van der Waals surface area contributed by atoms with E-state index in [1.165, 1.54) is 14.1 Å². The van der Waals surface area contributed by atoms with E-state index in [9.17, 15) is 13.2 Å². The fourth-order valence-corrected chi connectivity index (χ4v) is 4.27. The van der Waals surface area contributed by atoms with E-state index < -0.39 is 10.0 Å². The zero-order valence-electron chi connectivity index (χ0n) is 15.1. The number of carbonyl (C=O) groups is 1. The summed E-state index contributed by atoms with van der Waals surface area (Å²) in [6, 6.07) is 12.0. The number of hydrogen-bond donors (Lipinski definition) is 1. The largest absolute Gasteiger partial charge is 0.492 e.